The number of phenolic OH excluding ortho intramolecular Hbond substituents is 1. The SMILES string of the molecule is O=C1C2CC3C(=CCC4C(=O)N(c5cccc(B(O)O)c5)C(=O)C43)C(c3cc(Cl)ccc3O)C2(c2ccc(Cl)cc2)C(=O)N1Nc1ncc(C(F)(F)F)cc1Cl. The average molecular weight is 826 g/mol. The van der Waals surface area contributed by atoms with E-state index in [1.807, 2.05) is 0 Å². The number of nitrogens with zero attached hydrogens (tertiary/aromatic N) is 3. The van der Waals surface area contributed by atoms with E-state index in [0.29, 0.717) is 33.4 Å². The number of hydrogen-bond donors (Lipinski definition) is 4. The maximum atomic E-state index is 15.3. The highest BCUT2D eigenvalue weighted by atomic mass is 35.5. The first kappa shape index (κ1) is 38.0. The van der Waals surface area contributed by atoms with Crippen LogP contribution in [0.15, 0.2) is 90.6 Å². The number of carbonyl (C=O) groups is 4. The molecule has 1 saturated carbocycles. The fourth-order valence-electron chi connectivity index (χ4n) is 8.96. The molecule has 8 rings (SSSR count). The normalized spacial score (nSPS) is 25.9. The minimum Gasteiger partial charge on any atom is -0.508 e. The first-order chi connectivity index (χ1) is 26.5. The number of phenols is 1. The number of benzene rings is 3. The molecule has 3 fully saturated rings. The van der Waals surface area contributed by atoms with Gasteiger partial charge in [-0.3, -0.25) is 29.5 Å². The van der Waals surface area contributed by atoms with E-state index in [2.05, 4.69) is 10.4 Å². The highest BCUT2D eigenvalue weighted by Crippen LogP contribution is 2.65. The fraction of sp³-hybridized carbons (Fsp3) is 0.237. The molecule has 3 heterocycles. The number of fused-ring (bicyclic) bond motifs is 4. The van der Waals surface area contributed by atoms with E-state index in [1.165, 1.54) is 54.6 Å². The Morgan fingerprint density at radius 3 is 2.27 bits per heavy atom. The van der Waals surface area contributed by atoms with Crippen LogP contribution in [0.2, 0.25) is 15.1 Å². The number of anilines is 2. The summed E-state index contributed by atoms with van der Waals surface area (Å²) in [6.07, 6.45) is -2.66. The predicted molar refractivity (Wildman–Crippen MR) is 199 cm³/mol. The highest BCUT2D eigenvalue weighted by Gasteiger charge is 2.70. The number of amides is 4. The molecule has 11 nitrogen and oxygen atoms in total. The van der Waals surface area contributed by atoms with E-state index in [9.17, 15) is 42.7 Å². The van der Waals surface area contributed by atoms with Gasteiger partial charge >= 0.3 is 13.3 Å². The van der Waals surface area contributed by atoms with Crippen molar-refractivity contribution in [1.29, 1.82) is 0 Å². The lowest BCUT2D eigenvalue weighted by Crippen LogP contribution is -2.53. The third kappa shape index (κ3) is 5.78. The van der Waals surface area contributed by atoms with E-state index in [-0.39, 0.29) is 40.3 Å². The molecule has 56 heavy (non-hydrogen) atoms. The van der Waals surface area contributed by atoms with Crippen molar-refractivity contribution < 1.29 is 47.5 Å². The van der Waals surface area contributed by atoms with Crippen LogP contribution in [0.1, 0.15) is 35.4 Å². The number of aromatic nitrogens is 1. The largest absolute Gasteiger partial charge is 0.508 e. The summed E-state index contributed by atoms with van der Waals surface area (Å²) in [4.78, 5) is 63.4. The van der Waals surface area contributed by atoms with Crippen LogP contribution in [0.5, 0.6) is 5.75 Å². The average Bonchev–Trinajstić information content (AvgIpc) is 3.54. The van der Waals surface area contributed by atoms with Crippen molar-refractivity contribution in [3.05, 3.63) is 122 Å². The van der Waals surface area contributed by atoms with Crippen molar-refractivity contribution >= 4 is 82.5 Å². The number of hydrogen-bond acceptors (Lipinski definition) is 9. The molecule has 0 spiro atoms. The van der Waals surface area contributed by atoms with Gasteiger partial charge in [-0.05, 0) is 78.3 Å². The Morgan fingerprint density at radius 2 is 1.59 bits per heavy atom. The van der Waals surface area contributed by atoms with Gasteiger partial charge in [-0.1, -0.05) is 70.7 Å². The van der Waals surface area contributed by atoms with Crippen LogP contribution >= 0.6 is 34.8 Å². The molecule has 4 amide bonds. The number of halogens is 6. The van der Waals surface area contributed by atoms with E-state index in [0.717, 1.165) is 4.90 Å². The Balaban J connectivity index is 1.31. The summed E-state index contributed by atoms with van der Waals surface area (Å²) in [6.45, 7) is 0. The number of hydrazine groups is 1. The summed E-state index contributed by atoms with van der Waals surface area (Å²) in [5.74, 6) is -8.89. The highest BCUT2D eigenvalue weighted by molar-refractivity contribution is 6.58. The number of pyridine rings is 1. The Hall–Kier alpha value is -4.93. The summed E-state index contributed by atoms with van der Waals surface area (Å²) in [5, 5.41) is 31.7. The maximum absolute atomic E-state index is 15.3. The maximum Gasteiger partial charge on any atom is 0.488 e. The van der Waals surface area contributed by atoms with Gasteiger partial charge in [0.15, 0.2) is 5.82 Å². The van der Waals surface area contributed by atoms with Crippen molar-refractivity contribution in [3.8, 4) is 5.75 Å². The second kappa shape index (κ2) is 13.6. The number of aromatic hydroxyl groups is 1. The van der Waals surface area contributed by atoms with E-state index >= 15 is 4.79 Å². The lowest BCUT2D eigenvalue weighted by atomic mass is 9.49. The van der Waals surface area contributed by atoms with Gasteiger partial charge in [0, 0.05) is 27.7 Å². The van der Waals surface area contributed by atoms with Crippen molar-refractivity contribution in [2.45, 2.75) is 30.4 Å². The molecular formula is C38H27BCl3F3N4O7. The minimum absolute atomic E-state index is 0.0360. The smallest absolute Gasteiger partial charge is 0.488 e. The molecule has 0 bridgehead atoms. The molecule has 3 aromatic carbocycles. The number of carbonyl (C=O) groups excluding carboxylic acids is 4. The second-order valence-corrected chi connectivity index (χ2v) is 15.4. The summed E-state index contributed by atoms with van der Waals surface area (Å²) in [7, 11) is -1.88. The lowest BCUT2D eigenvalue weighted by Gasteiger charge is -2.50. The summed E-state index contributed by atoms with van der Waals surface area (Å²) < 4.78 is 40.4. The molecule has 286 valence electrons. The molecule has 18 heteroatoms. The Kier molecular flexibility index (Phi) is 9.24. The lowest BCUT2D eigenvalue weighted by molar-refractivity contribution is -0.139. The van der Waals surface area contributed by atoms with Gasteiger partial charge in [0.1, 0.15) is 5.75 Å². The van der Waals surface area contributed by atoms with E-state index in [4.69, 9.17) is 34.8 Å². The predicted octanol–water partition coefficient (Wildman–Crippen LogP) is 5.64. The molecule has 0 radical (unpaired) electrons. The van der Waals surface area contributed by atoms with Gasteiger partial charge in [0.05, 0.1) is 39.4 Å². The van der Waals surface area contributed by atoms with Crippen LogP contribution in [-0.2, 0) is 30.8 Å². The van der Waals surface area contributed by atoms with Gasteiger partial charge in [-0.25, -0.2) is 4.98 Å². The summed E-state index contributed by atoms with van der Waals surface area (Å²) in [6, 6.07) is 16.7. The van der Waals surface area contributed by atoms with Crippen LogP contribution < -0.4 is 15.8 Å². The zero-order valence-electron chi connectivity index (χ0n) is 28.5. The molecule has 4 N–H and O–H groups in total. The minimum atomic E-state index is -4.78. The molecule has 6 atom stereocenters. The van der Waals surface area contributed by atoms with E-state index in [1.54, 1.807) is 18.2 Å². The van der Waals surface area contributed by atoms with Crippen molar-refractivity contribution in [1.82, 2.24) is 9.99 Å². The molecule has 1 aromatic heterocycles. The van der Waals surface area contributed by atoms with Gasteiger partial charge in [0.2, 0.25) is 11.8 Å². The zero-order valence-corrected chi connectivity index (χ0v) is 30.8. The number of rotatable bonds is 6. The molecular weight excluding hydrogens is 799 g/mol. The standard InChI is InChI=1S/C38H27BCl3F3N4O7/c40-20-6-4-17(5-7-20)37-27(34(52)49(36(37)54)47-32-28(42)12-18(16-46-32)38(43,44)45)15-25-23(31(37)26-14-21(41)8-11-29(26)50)9-10-24-30(25)35(53)48(33(24)51)22-3-1-2-19(13-22)39(55)56/h1-9,11-14,16,24-25,27,30-31,50,55-56H,10,15H2,(H,46,47). The number of alkyl halides is 3. The fourth-order valence-corrected chi connectivity index (χ4v) is 9.48. The molecule has 2 saturated heterocycles. The summed E-state index contributed by atoms with van der Waals surface area (Å²) >= 11 is 19.0. The van der Waals surface area contributed by atoms with Crippen LogP contribution in [0.3, 0.4) is 0 Å². The van der Waals surface area contributed by atoms with Crippen molar-refractivity contribution in [2.75, 3.05) is 10.3 Å². The monoisotopic (exact) mass is 824 g/mol. The second-order valence-electron chi connectivity index (χ2n) is 14.1. The van der Waals surface area contributed by atoms with Crippen molar-refractivity contribution in [3.63, 3.8) is 0 Å². The molecule has 2 aliphatic carbocycles. The Labute approximate surface area is 331 Å². The first-order valence-electron chi connectivity index (χ1n) is 17.2. The van der Waals surface area contributed by atoms with Crippen LogP contribution in [0.4, 0.5) is 24.7 Å². The number of imide groups is 2. The van der Waals surface area contributed by atoms with E-state index < -0.39 is 88.3 Å². The van der Waals surface area contributed by atoms with Gasteiger partial charge in [-0.15, -0.1) is 0 Å². The third-order valence-electron chi connectivity index (χ3n) is 11.3. The van der Waals surface area contributed by atoms with Gasteiger partial charge in [-0.2, -0.15) is 18.2 Å². The first-order valence-corrected chi connectivity index (χ1v) is 18.3. The zero-order chi connectivity index (χ0) is 40.0. The number of nitrogens with one attached hydrogen (secondary N) is 1. The van der Waals surface area contributed by atoms with Gasteiger partial charge in [0.25, 0.3) is 11.8 Å². The summed E-state index contributed by atoms with van der Waals surface area (Å²) in [5.41, 5.74) is 0.569. The quantitative estimate of drug-likeness (QED) is 0.110. The molecule has 2 aliphatic heterocycles. The molecule has 4 aromatic rings. The third-order valence-corrected chi connectivity index (χ3v) is 12.1. The molecule has 6 unspecified atom stereocenters. The topological polar surface area (TPSA) is 160 Å². The van der Waals surface area contributed by atoms with Crippen LogP contribution in [0, 0.1) is 23.7 Å². The Bertz CT molecular complexity index is 2380. The van der Waals surface area contributed by atoms with Crippen LogP contribution in [-0.4, -0.2) is 55.9 Å². The van der Waals surface area contributed by atoms with Crippen LogP contribution in [0.25, 0.3) is 0 Å². The van der Waals surface area contributed by atoms with Crippen molar-refractivity contribution in [2.24, 2.45) is 23.7 Å². The Morgan fingerprint density at radius 1 is 0.875 bits per heavy atom. The molecule has 4 aliphatic rings. The number of allylic oxidation sites excluding steroid dienone is 2. The van der Waals surface area contributed by atoms with Gasteiger partial charge < -0.3 is 15.2 Å².